The van der Waals surface area contributed by atoms with Crippen molar-refractivity contribution in [1.82, 2.24) is 4.90 Å². The number of rotatable bonds is 7. The van der Waals surface area contributed by atoms with E-state index >= 15 is 0 Å². The van der Waals surface area contributed by atoms with E-state index in [1.54, 1.807) is 0 Å². The van der Waals surface area contributed by atoms with Crippen LogP contribution in [0.1, 0.15) is 70.6 Å². The van der Waals surface area contributed by atoms with Gasteiger partial charge in [0.2, 0.25) is 0 Å². The molecule has 3 aliphatic rings. The lowest BCUT2D eigenvalue weighted by Gasteiger charge is -2.54. The molecule has 0 aromatic heterocycles. The summed E-state index contributed by atoms with van der Waals surface area (Å²) in [4.78, 5) is 2.93. The van der Waals surface area contributed by atoms with Gasteiger partial charge in [-0.15, -0.1) is 0 Å². The Bertz CT molecular complexity index is 718. The predicted octanol–water partition coefficient (Wildman–Crippen LogP) is 6.62. The third kappa shape index (κ3) is 5.26. The SMILES string of the molecule is c1ccc(OC2CC(N(C3CCCCCCC3)C3CC(Oc4ccccc4)C3)C2)cc1. The van der Waals surface area contributed by atoms with Gasteiger partial charge in [0.05, 0.1) is 0 Å². The Kier molecular flexibility index (Phi) is 6.79. The predicted molar refractivity (Wildman–Crippen MR) is 126 cm³/mol. The van der Waals surface area contributed by atoms with Crippen LogP contribution in [0.2, 0.25) is 0 Å². The summed E-state index contributed by atoms with van der Waals surface area (Å²) < 4.78 is 12.5. The average Bonchev–Trinajstić information content (AvgIpc) is 2.72. The van der Waals surface area contributed by atoms with Gasteiger partial charge in [-0.05, 0) is 37.1 Å². The van der Waals surface area contributed by atoms with E-state index in [0.717, 1.165) is 17.5 Å². The van der Waals surface area contributed by atoms with E-state index in [9.17, 15) is 0 Å². The number of hydrogen-bond donors (Lipinski definition) is 0. The average molecular weight is 420 g/mol. The first kappa shape index (κ1) is 20.9. The van der Waals surface area contributed by atoms with Gasteiger partial charge in [0.1, 0.15) is 23.7 Å². The van der Waals surface area contributed by atoms with Gasteiger partial charge in [0, 0.05) is 43.8 Å². The van der Waals surface area contributed by atoms with E-state index in [2.05, 4.69) is 65.6 Å². The Balaban J connectivity index is 1.19. The van der Waals surface area contributed by atoms with Crippen molar-refractivity contribution in [2.24, 2.45) is 0 Å². The van der Waals surface area contributed by atoms with Crippen molar-refractivity contribution in [2.75, 3.05) is 0 Å². The molecule has 5 rings (SSSR count). The molecular formula is C28H37NO2. The fourth-order valence-corrected chi connectivity index (χ4v) is 5.77. The van der Waals surface area contributed by atoms with E-state index in [4.69, 9.17) is 9.47 Å². The van der Waals surface area contributed by atoms with Gasteiger partial charge in [-0.3, -0.25) is 4.90 Å². The smallest absolute Gasteiger partial charge is 0.119 e. The Morgan fingerprint density at radius 2 is 0.935 bits per heavy atom. The summed E-state index contributed by atoms with van der Waals surface area (Å²) in [7, 11) is 0. The fourth-order valence-electron chi connectivity index (χ4n) is 5.77. The second kappa shape index (κ2) is 10.1. The molecule has 3 fully saturated rings. The summed E-state index contributed by atoms with van der Waals surface area (Å²) in [5.74, 6) is 2.03. The van der Waals surface area contributed by atoms with Crippen LogP contribution >= 0.6 is 0 Å². The number of ether oxygens (including phenoxy) is 2. The number of para-hydroxylation sites is 2. The molecule has 0 heterocycles. The second-order valence-electron chi connectivity index (χ2n) is 9.80. The van der Waals surface area contributed by atoms with Crippen LogP contribution in [-0.2, 0) is 0 Å². The Labute approximate surface area is 187 Å². The van der Waals surface area contributed by atoms with Crippen LogP contribution < -0.4 is 9.47 Å². The van der Waals surface area contributed by atoms with E-state index < -0.39 is 0 Å². The highest BCUT2D eigenvalue weighted by molar-refractivity contribution is 5.23. The number of nitrogens with zero attached hydrogens (tertiary/aromatic N) is 1. The molecule has 31 heavy (non-hydrogen) atoms. The quantitative estimate of drug-likeness (QED) is 0.503. The van der Waals surface area contributed by atoms with Gasteiger partial charge in [-0.1, -0.05) is 68.5 Å². The highest BCUT2D eigenvalue weighted by Crippen LogP contribution is 2.40. The van der Waals surface area contributed by atoms with Crippen LogP contribution in [0.3, 0.4) is 0 Å². The van der Waals surface area contributed by atoms with Crippen LogP contribution in [0.4, 0.5) is 0 Å². The van der Waals surface area contributed by atoms with Gasteiger partial charge in [0.25, 0.3) is 0 Å². The normalized spacial score (nSPS) is 29.3. The fraction of sp³-hybridized carbons (Fsp3) is 0.571. The summed E-state index contributed by atoms with van der Waals surface area (Å²) in [6.45, 7) is 0. The molecule has 2 aromatic rings. The first-order valence-corrected chi connectivity index (χ1v) is 12.6. The highest BCUT2D eigenvalue weighted by atomic mass is 16.5. The molecule has 0 amide bonds. The third-order valence-corrected chi connectivity index (χ3v) is 7.57. The third-order valence-electron chi connectivity index (χ3n) is 7.57. The largest absolute Gasteiger partial charge is 0.490 e. The van der Waals surface area contributed by atoms with E-state index in [1.165, 1.54) is 70.6 Å². The lowest BCUT2D eigenvalue weighted by atomic mass is 9.78. The molecule has 0 spiro atoms. The number of hydrogen-bond acceptors (Lipinski definition) is 3. The Morgan fingerprint density at radius 3 is 1.39 bits per heavy atom. The highest BCUT2D eigenvalue weighted by Gasteiger charge is 2.45. The van der Waals surface area contributed by atoms with Gasteiger partial charge in [0.15, 0.2) is 0 Å². The zero-order chi connectivity index (χ0) is 20.9. The maximum Gasteiger partial charge on any atom is 0.119 e. The summed E-state index contributed by atoms with van der Waals surface area (Å²) in [5.41, 5.74) is 0. The van der Waals surface area contributed by atoms with E-state index in [-0.39, 0.29) is 0 Å². The molecule has 0 saturated heterocycles. The molecule has 0 aliphatic heterocycles. The maximum absolute atomic E-state index is 6.24. The maximum atomic E-state index is 6.24. The molecule has 3 heteroatoms. The van der Waals surface area contributed by atoms with Crippen molar-refractivity contribution in [3.05, 3.63) is 60.7 Å². The summed E-state index contributed by atoms with van der Waals surface area (Å²) >= 11 is 0. The number of benzene rings is 2. The summed E-state index contributed by atoms with van der Waals surface area (Å²) in [6, 6.07) is 22.8. The molecule has 3 saturated carbocycles. The van der Waals surface area contributed by atoms with Crippen molar-refractivity contribution < 1.29 is 9.47 Å². The van der Waals surface area contributed by atoms with Crippen molar-refractivity contribution >= 4 is 0 Å². The minimum atomic E-state index is 0.375. The van der Waals surface area contributed by atoms with Crippen LogP contribution in [0.15, 0.2) is 60.7 Å². The summed E-state index contributed by atoms with van der Waals surface area (Å²) in [5, 5.41) is 0. The molecular weight excluding hydrogens is 382 g/mol. The minimum Gasteiger partial charge on any atom is -0.490 e. The van der Waals surface area contributed by atoms with Gasteiger partial charge in [-0.25, -0.2) is 0 Å². The molecule has 3 aliphatic carbocycles. The van der Waals surface area contributed by atoms with Gasteiger partial charge >= 0.3 is 0 Å². The van der Waals surface area contributed by atoms with E-state index in [0.29, 0.717) is 24.3 Å². The summed E-state index contributed by atoms with van der Waals surface area (Å²) in [6.07, 6.45) is 15.2. The van der Waals surface area contributed by atoms with Crippen LogP contribution in [0.25, 0.3) is 0 Å². The Morgan fingerprint density at radius 1 is 0.516 bits per heavy atom. The molecule has 0 unspecified atom stereocenters. The topological polar surface area (TPSA) is 21.7 Å². The molecule has 166 valence electrons. The molecule has 0 atom stereocenters. The molecule has 0 bridgehead atoms. The van der Waals surface area contributed by atoms with E-state index in [1.807, 2.05) is 0 Å². The van der Waals surface area contributed by atoms with Gasteiger partial charge in [-0.2, -0.15) is 0 Å². The molecule has 2 aromatic carbocycles. The van der Waals surface area contributed by atoms with Crippen LogP contribution in [0.5, 0.6) is 11.5 Å². The van der Waals surface area contributed by atoms with Crippen molar-refractivity contribution in [3.8, 4) is 11.5 Å². The zero-order valence-corrected chi connectivity index (χ0v) is 18.7. The molecule has 0 radical (unpaired) electrons. The van der Waals surface area contributed by atoms with Crippen molar-refractivity contribution in [3.63, 3.8) is 0 Å². The standard InChI is InChI=1S/C28H37NO2/c1-2-6-12-22(13-7-3-1)29(23-18-27(19-23)30-25-14-8-4-9-15-25)24-20-28(21-24)31-26-16-10-5-11-17-26/h4-5,8-11,14-17,22-24,27-28H,1-3,6-7,12-13,18-21H2. The molecule has 0 N–H and O–H groups in total. The lowest BCUT2D eigenvalue weighted by molar-refractivity contribution is -0.0792. The Hall–Kier alpha value is -2.00. The first-order chi connectivity index (χ1) is 15.3. The minimum absolute atomic E-state index is 0.375. The zero-order valence-electron chi connectivity index (χ0n) is 18.7. The first-order valence-electron chi connectivity index (χ1n) is 12.6. The van der Waals surface area contributed by atoms with Crippen molar-refractivity contribution in [2.45, 2.75) is 101 Å². The monoisotopic (exact) mass is 419 g/mol. The van der Waals surface area contributed by atoms with Crippen LogP contribution in [-0.4, -0.2) is 35.2 Å². The molecule has 3 nitrogen and oxygen atoms in total. The van der Waals surface area contributed by atoms with Crippen LogP contribution in [0, 0.1) is 0 Å². The second-order valence-corrected chi connectivity index (χ2v) is 9.80. The van der Waals surface area contributed by atoms with Crippen molar-refractivity contribution in [1.29, 1.82) is 0 Å². The lowest BCUT2D eigenvalue weighted by Crippen LogP contribution is -2.61. The van der Waals surface area contributed by atoms with Gasteiger partial charge < -0.3 is 9.47 Å².